The van der Waals surface area contributed by atoms with Gasteiger partial charge in [0.15, 0.2) is 5.82 Å². The number of methoxy groups -OCH3 is 2. The number of aromatic nitrogens is 4. The molecule has 0 N–H and O–H groups in total. The van der Waals surface area contributed by atoms with Crippen molar-refractivity contribution in [2.24, 2.45) is 0 Å². The van der Waals surface area contributed by atoms with Crippen LogP contribution in [0.25, 0.3) is 16.5 Å². The van der Waals surface area contributed by atoms with Crippen molar-refractivity contribution in [1.29, 1.82) is 0 Å². The number of rotatable bonds is 5. The number of hydrogen-bond acceptors (Lipinski definition) is 7. The van der Waals surface area contributed by atoms with E-state index in [2.05, 4.69) is 16.0 Å². The first-order valence-corrected chi connectivity index (χ1v) is 10.5. The molecule has 8 heteroatoms. The van der Waals surface area contributed by atoms with Crippen LogP contribution in [0, 0.1) is 6.92 Å². The van der Waals surface area contributed by atoms with Crippen molar-refractivity contribution in [1.82, 2.24) is 19.7 Å². The van der Waals surface area contributed by atoms with Crippen molar-refractivity contribution < 1.29 is 9.47 Å². The summed E-state index contributed by atoms with van der Waals surface area (Å²) in [6.45, 7) is 2.85. The highest BCUT2D eigenvalue weighted by Crippen LogP contribution is 2.42. The van der Waals surface area contributed by atoms with Gasteiger partial charge in [0.1, 0.15) is 22.2 Å². The molecular weight excluding hydrogens is 398 g/mol. The summed E-state index contributed by atoms with van der Waals surface area (Å²) < 4.78 is 12.9. The van der Waals surface area contributed by atoms with E-state index in [-0.39, 0.29) is 0 Å². The third-order valence-corrected chi connectivity index (χ3v) is 6.01. The number of aryl methyl sites for hydroxylation is 1. The molecule has 4 aromatic rings. The van der Waals surface area contributed by atoms with Gasteiger partial charge in [-0.3, -0.25) is 0 Å². The summed E-state index contributed by atoms with van der Waals surface area (Å²) in [5.74, 6) is 2.42. The van der Waals surface area contributed by atoms with Crippen LogP contribution >= 0.6 is 11.3 Å². The van der Waals surface area contributed by atoms with E-state index in [4.69, 9.17) is 19.6 Å². The van der Waals surface area contributed by atoms with Gasteiger partial charge in [0, 0.05) is 41.6 Å². The van der Waals surface area contributed by atoms with Gasteiger partial charge >= 0.3 is 0 Å². The van der Waals surface area contributed by atoms with Gasteiger partial charge in [-0.15, -0.1) is 11.3 Å². The fraction of sp³-hybridized carbons (Fsp3) is 0.227. The minimum atomic E-state index is 0.771. The van der Waals surface area contributed by atoms with E-state index in [1.165, 1.54) is 5.56 Å². The van der Waals surface area contributed by atoms with E-state index >= 15 is 0 Å². The Morgan fingerprint density at radius 1 is 1.07 bits per heavy atom. The molecule has 0 fully saturated rings. The highest BCUT2D eigenvalue weighted by molar-refractivity contribution is 7.13. The van der Waals surface area contributed by atoms with Crippen molar-refractivity contribution in [3.63, 3.8) is 0 Å². The SMILES string of the molecule is COc1ccc(N2CCc3c2cc(C)nc3-n2ccc(-c3nccs3)n2)c(OC)c1. The molecule has 30 heavy (non-hydrogen) atoms. The summed E-state index contributed by atoms with van der Waals surface area (Å²) in [5, 5.41) is 7.60. The molecular formula is C22H21N5O2S. The summed E-state index contributed by atoms with van der Waals surface area (Å²) in [5.41, 5.74) is 5.11. The summed E-state index contributed by atoms with van der Waals surface area (Å²) in [6, 6.07) is 10.0. The van der Waals surface area contributed by atoms with E-state index in [1.54, 1.807) is 31.8 Å². The number of thiazole rings is 1. The van der Waals surface area contributed by atoms with Gasteiger partial charge in [0.05, 0.1) is 25.6 Å². The zero-order valence-electron chi connectivity index (χ0n) is 17.0. The van der Waals surface area contributed by atoms with Gasteiger partial charge in [-0.25, -0.2) is 14.6 Å². The van der Waals surface area contributed by atoms with Crippen LogP contribution < -0.4 is 14.4 Å². The topological polar surface area (TPSA) is 65.3 Å². The molecule has 0 saturated heterocycles. The van der Waals surface area contributed by atoms with Crippen molar-refractivity contribution in [2.45, 2.75) is 13.3 Å². The second-order valence-corrected chi connectivity index (χ2v) is 7.90. The van der Waals surface area contributed by atoms with Gasteiger partial charge < -0.3 is 14.4 Å². The molecule has 0 bridgehead atoms. The Morgan fingerprint density at radius 2 is 1.97 bits per heavy atom. The third-order valence-electron chi connectivity index (χ3n) is 5.22. The monoisotopic (exact) mass is 419 g/mol. The maximum absolute atomic E-state index is 5.64. The van der Waals surface area contributed by atoms with E-state index < -0.39 is 0 Å². The zero-order valence-corrected chi connectivity index (χ0v) is 17.8. The summed E-state index contributed by atoms with van der Waals surface area (Å²) in [4.78, 5) is 11.4. The van der Waals surface area contributed by atoms with E-state index in [1.807, 2.05) is 47.4 Å². The smallest absolute Gasteiger partial charge is 0.158 e. The summed E-state index contributed by atoms with van der Waals surface area (Å²) in [7, 11) is 3.34. The molecule has 152 valence electrons. The minimum Gasteiger partial charge on any atom is -0.497 e. The average molecular weight is 420 g/mol. The van der Waals surface area contributed by atoms with Crippen LogP contribution in [0.3, 0.4) is 0 Å². The highest BCUT2D eigenvalue weighted by Gasteiger charge is 2.27. The third kappa shape index (κ3) is 3.09. The van der Waals surface area contributed by atoms with Crippen LogP contribution in [0.5, 0.6) is 11.5 Å². The lowest BCUT2D eigenvalue weighted by Crippen LogP contribution is -2.14. The van der Waals surface area contributed by atoms with Gasteiger partial charge in [-0.05, 0) is 37.6 Å². The molecule has 0 saturated carbocycles. The second-order valence-electron chi connectivity index (χ2n) is 7.01. The second kappa shape index (κ2) is 7.46. The Hall–Kier alpha value is -3.39. The summed E-state index contributed by atoms with van der Waals surface area (Å²) >= 11 is 1.58. The minimum absolute atomic E-state index is 0.771. The van der Waals surface area contributed by atoms with Crippen molar-refractivity contribution in [2.75, 3.05) is 25.7 Å². The largest absolute Gasteiger partial charge is 0.497 e. The van der Waals surface area contributed by atoms with E-state index in [9.17, 15) is 0 Å². The first-order valence-electron chi connectivity index (χ1n) is 9.64. The van der Waals surface area contributed by atoms with Crippen LogP contribution in [0.15, 0.2) is 48.1 Å². The lowest BCUT2D eigenvalue weighted by Gasteiger charge is -2.23. The van der Waals surface area contributed by atoms with Gasteiger partial charge in [-0.2, -0.15) is 5.10 Å². The van der Waals surface area contributed by atoms with Crippen molar-refractivity contribution >= 4 is 22.7 Å². The Bertz CT molecular complexity index is 1200. The first kappa shape index (κ1) is 18.6. The van der Waals surface area contributed by atoms with E-state index in [0.29, 0.717) is 0 Å². The maximum atomic E-state index is 5.64. The molecule has 1 aromatic carbocycles. The number of pyridine rings is 1. The lowest BCUT2D eigenvalue weighted by molar-refractivity contribution is 0.395. The standard InChI is InChI=1S/C22H21N5O2S/c1-14-12-19-16(6-9-26(19)18-5-4-15(28-2)13-20(18)29-3)21(24-14)27-10-7-17(25-27)22-23-8-11-30-22/h4-5,7-8,10-13H,6,9H2,1-3H3. The Balaban J connectivity index is 1.58. The molecule has 0 amide bonds. The number of hydrogen-bond donors (Lipinski definition) is 0. The Labute approximate surface area is 178 Å². The fourth-order valence-electron chi connectivity index (χ4n) is 3.84. The fourth-order valence-corrected chi connectivity index (χ4v) is 4.45. The lowest BCUT2D eigenvalue weighted by atomic mass is 10.1. The molecule has 5 rings (SSSR count). The van der Waals surface area contributed by atoms with Crippen LogP contribution in [0.4, 0.5) is 11.4 Å². The first-order chi connectivity index (χ1) is 14.7. The van der Waals surface area contributed by atoms with Gasteiger partial charge in [-0.1, -0.05) is 0 Å². The predicted molar refractivity (Wildman–Crippen MR) is 117 cm³/mol. The molecule has 4 heterocycles. The maximum Gasteiger partial charge on any atom is 0.158 e. The van der Waals surface area contributed by atoms with Crippen LogP contribution in [-0.4, -0.2) is 40.5 Å². The number of nitrogens with zero attached hydrogens (tertiary/aromatic N) is 5. The van der Waals surface area contributed by atoms with E-state index in [0.717, 1.165) is 58.1 Å². The van der Waals surface area contributed by atoms with Crippen LogP contribution in [0.2, 0.25) is 0 Å². The molecule has 0 spiro atoms. The zero-order chi connectivity index (χ0) is 20.7. The van der Waals surface area contributed by atoms with Gasteiger partial charge in [0.25, 0.3) is 0 Å². The van der Waals surface area contributed by atoms with Crippen molar-refractivity contribution in [3.8, 4) is 28.0 Å². The number of ether oxygens (including phenoxy) is 2. The van der Waals surface area contributed by atoms with Crippen LogP contribution in [-0.2, 0) is 6.42 Å². The average Bonchev–Trinajstić information content (AvgIpc) is 3.52. The van der Waals surface area contributed by atoms with Crippen LogP contribution in [0.1, 0.15) is 11.3 Å². The quantitative estimate of drug-likeness (QED) is 0.477. The van der Waals surface area contributed by atoms with Gasteiger partial charge in [0.2, 0.25) is 0 Å². The number of anilines is 2. The molecule has 7 nitrogen and oxygen atoms in total. The molecule has 1 aliphatic rings. The molecule has 0 atom stereocenters. The Kier molecular flexibility index (Phi) is 4.63. The number of fused-ring (bicyclic) bond motifs is 1. The normalized spacial score (nSPS) is 12.8. The molecule has 1 aliphatic heterocycles. The molecule has 0 radical (unpaired) electrons. The Morgan fingerprint density at radius 3 is 2.73 bits per heavy atom. The molecule has 3 aromatic heterocycles. The molecule has 0 aliphatic carbocycles. The van der Waals surface area contributed by atoms with Crippen molar-refractivity contribution in [3.05, 3.63) is 59.4 Å². The number of benzene rings is 1. The summed E-state index contributed by atoms with van der Waals surface area (Å²) in [6.07, 6.45) is 4.62. The molecule has 0 unspecified atom stereocenters. The highest BCUT2D eigenvalue weighted by atomic mass is 32.1. The predicted octanol–water partition coefficient (Wildman–Crippen LogP) is 4.41.